The Morgan fingerprint density at radius 3 is 2.18 bits per heavy atom. The van der Waals surface area contributed by atoms with Crippen LogP contribution < -0.4 is 4.90 Å². The van der Waals surface area contributed by atoms with E-state index in [1.54, 1.807) is 11.8 Å². The van der Waals surface area contributed by atoms with Crippen LogP contribution in [0.5, 0.6) is 0 Å². The molecule has 0 aliphatic heterocycles. The van der Waals surface area contributed by atoms with Gasteiger partial charge in [0, 0.05) is 36.8 Å². The molecule has 1 heterocycles. The van der Waals surface area contributed by atoms with Gasteiger partial charge in [-0.2, -0.15) is 0 Å². The number of anilines is 1. The van der Waals surface area contributed by atoms with Crippen LogP contribution in [0.2, 0.25) is 0 Å². The zero-order valence-electron chi connectivity index (χ0n) is 17.6. The minimum atomic E-state index is 0.960. The molecule has 0 spiro atoms. The van der Waals surface area contributed by atoms with Gasteiger partial charge in [0.25, 0.3) is 0 Å². The average Bonchev–Trinajstić information content (AvgIpc) is 3.08. The molecule has 0 bridgehead atoms. The lowest BCUT2D eigenvalue weighted by molar-refractivity contribution is 0.288. The van der Waals surface area contributed by atoms with Gasteiger partial charge in [-0.3, -0.25) is 0 Å². The highest BCUT2D eigenvalue weighted by molar-refractivity contribution is 7.99. The number of benzene rings is 2. The number of hydrogen-bond donors (Lipinski definition) is 0. The molecule has 1 aromatic heterocycles. The Bertz CT molecular complexity index is 864. The number of nitrogens with zero attached hydrogens (tertiary/aromatic N) is 4. The second-order valence-corrected chi connectivity index (χ2v) is 7.87. The molecular formula is C23H32N4S. The fourth-order valence-corrected chi connectivity index (χ4v) is 4.47. The first-order valence-corrected chi connectivity index (χ1v) is 11.2. The number of hydrogen-bond acceptors (Lipinski definition) is 4. The van der Waals surface area contributed by atoms with Gasteiger partial charge in [-0.1, -0.05) is 37.7 Å². The molecule has 2 aromatic carbocycles. The summed E-state index contributed by atoms with van der Waals surface area (Å²) in [6, 6.07) is 17.3. The van der Waals surface area contributed by atoms with E-state index in [0.717, 1.165) is 49.9 Å². The molecule has 0 unspecified atom stereocenters. The topological polar surface area (TPSA) is 24.3 Å². The second kappa shape index (κ2) is 9.99. The number of likely N-dealkylation sites (N-methyl/N-ethyl adjacent to an activating group) is 1. The number of fused-ring (bicyclic) bond motifs is 1. The Kier molecular flexibility index (Phi) is 7.40. The minimum absolute atomic E-state index is 0.960. The second-order valence-electron chi connectivity index (χ2n) is 6.83. The third-order valence-corrected chi connectivity index (χ3v) is 6.33. The Balaban J connectivity index is 1.84. The molecule has 28 heavy (non-hydrogen) atoms. The monoisotopic (exact) mass is 396 g/mol. The Hall–Kier alpha value is -1.98. The molecule has 0 saturated heterocycles. The third-order valence-electron chi connectivity index (χ3n) is 5.33. The lowest BCUT2D eigenvalue weighted by Gasteiger charge is -2.21. The van der Waals surface area contributed by atoms with Crippen molar-refractivity contribution in [2.75, 3.05) is 37.6 Å². The average molecular weight is 397 g/mol. The first-order valence-electron chi connectivity index (χ1n) is 10.4. The minimum Gasteiger partial charge on any atom is -0.372 e. The summed E-state index contributed by atoms with van der Waals surface area (Å²) >= 11 is 1.76. The van der Waals surface area contributed by atoms with Gasteiger partial charge < -0.3 is 14.4 Å². The number of imidazole rings is 1. The van der Waals surface area contributed by atoms with Crippen LogP contribution in [0.4, 0.5) is 5.69 Å². The summed E-state index contributed by atoms with van der Waals surface area (Å²) < 4.78 is 2.37. The van der Waals surface area contributed by atoms with Crippen molar-refractivity contribution in [2.45, 2.75) is 44.3 Å². The van der Waals surface area contributed by atoms with Crippen LogP contribution in [0, 0.1) is 0 Å². The van der Waals surface area contributed by atoms with Crippen LogP contribution in [0.1, 0.15) is 27.7 Å². The summed E-state index contributed by atoms with van der Waals surface area (Å²) in [5, 5.41) is 1.07. The van der Waals surface area contributed by atoms with Gasteiger partial charge in [0.05, 0.1) is 11.0 Å². The van der Waals surface area contributed by atoms with E-state index >= 15 is 0 Å². The largest absolute Gasteiger partial charge is 0.372 e. The quantitative estimate of drug-likeness (QED) is 0.459. The SMILES string of the molecule is CCN(CC)CCn1c(Sc2ccc(N(CC)CC)cc2)nc2ccccc21. The Morgan fingerprint density at radius 2 is 1.54 bits per heavy atom. The molecule has 0 aliphatic carbocycles. The summed E-state index contributed by atoms with van der Waals surface area (Å²) in [6.45, 7) is 15.1. The van der Waals surface area contributed by atoms with Crippen LogP contribution in [-0.2, 0) is 6.54 Å². The summed E-state index contributed by atoms with van der Waals surface area (Å²) in [5.41, 5.74) is 3.57. The van der Waals surface area contributed by atoms with Crippen molar-refractivity contribution in [1.29, 1.82) is 0 Å². The molecule has 0 aliphatic rings. The van der Waals surface area contributed by atoms with E-state index in [9.17, 15) is 0 Å². The highest BCUT2D eigenvalue weighted by atomic mass is 32.2. The summed E-state index contributed by atoms with van der Waals surface area (Å²) in [7, 11) is 0. The normalized spacial score (nSPS) is 11.5. The van der Waals surface area contributed by atoms with Crippen LogP contribution >= 0.6 is 11.8 Å². The molecule has 0 fully saturated rings. The maximum Gasteiger partial charge on any atom is 0.173 e. The molecule has 3 rings (SSSR count). The number of rotatable bonds is 10. The molecule has 4 nitrogen and oxygen atoms in total. The van der Waals surface area contributed by atoms with Crippen molar-refractivity contribution in [3.05, 3.63) is 48.5 Å². The van der Waals surface area contributed by atoms with Gasteiger partial charge in [0.1, 0.15) is 0 Å². The van der Waals surface area contributed by atoms with E-state index in [1.807, 2.05) is 0 Å². The van der Waals surface area contributed by atoms with Crippen LogP contribution in [0.25, 0.3) is 11.0 Å². The van der Waals surface area contributed by atoms with Crippen molar-refractivity contribution >= 4 is 28.5 Å². The van der Waals surface area contributed by atoms with Crippen molar-refractivity contribution in [3.8, 4) is 0 Å². The van der Waals surface area contributed by atoms with Gasteiger partial charge in [0.15, 0.2) is 5.16 Å². The molecule has 3 aromatic rings. The van der Waals surface area contributed by atoms with E-state index in [1.165, 1.54) is 16.1 Å². The number of aromatic nitrogens is 2. The van der Waals surface area contributed by atoms with Gasteiger partial charge in [-0.05, 0) is 63.3 Å². The summed E-state index contributed by atoms with van der Waals surface area (Å²) in [6.07, 6.45) is 0. The highest BCUT2D eigenvalue weighted by Gasteiger charge is 2.13. The molecule has 0 amide bonds. The lowest BCUT2D eigenvalue weighted by atomic mass is 10.3. The van der Waals surface area contributed by atoms with Crippen LogP contribution in [-0.4, -0.2) is 47.2 Å². The Morgan fingerprint density at radius 1 is 0.857 bits per heavy atom. The smallest absolute Gasteiger partial charge is 0.173 e. The predicted molar refractivity (Wildman–Crippen MR) is 122 cm³/mol. The van der Waals surface area contributed by atoms with Gasteiger partial charge in [-0.25, -0.2) is 4.98 Å². The van der Waals surface area contributed by atoms with Crippen molar-refractivity contribution in [1.82, 2.24) is 14.5 Å². The van der Waals surface area contributed by atoms with E-state index in [2.05, 4.69) is 90.6 Å². The zero-order chi connectivity index (χ0) is 19.9. The van der Waals surface area contributed by atoms with Gasteiger partial charge >= 0.3 is 0 Å². The molecule has 5 heteroatoms. The first kappa shape index (κ1) is 20.7. The molecule has 150 valence electrons. The summed E-state index contributed by atoms with van der Waals surface area (Å²) in [4.78, 5) is 11.0. The maximum absolute atomic E-state index is 4.92. The van der Waals surface area contributed by atoms with Crippen molar-refractivity contribution in [3.63, 3.8) is 0 Å². The fourth-order valence-electron chi connectivity index (χ4n) is 3.55. The zero-order valence-corrected chi connectivity index (χ0v) is 18.4. The highest BCUT2D eigenvalue weighted by Crippen LogP contribution is 2.31. The number of para-hydroxylation sites is 2. The van der Waals surface area contributed by atoms with Crippen LogP contribution in [0.15, 0.2) is 58.6 Å². The van der Waals surface area contributed by atoms with Crippen molar-refractivity contribution in [2.24, 2.45) is 0 Å². The molecule has 0 atom stereocenters. The van der Waals surface area contributed by atoms with Gasteiger partial charge in [0.2, 0.25) is 0 Å². The standard InChI is InChI=1S/C23H32N4S/c1-5-25(6-2)17-18-27-22-12-10-9-11-21(22)24-23(27)28-20-15-13-19(14-16-20)26(7-3)8-4/h9-16H,5-8,17-18H2,1-4H3. The summed E-state index contributed by atoms with van der Waals surface area (Å²) in [5.74, 6) is 0. The van der Waals surface area contributed by atoms with Crippen LogP contribution in [0.3, 0.4) is 0 Å². The third kappa shape index (κ3) is 4.70. The van der Waals surface area contributed by atoms with Crippen molar-refractivity contribution < 1.29 is 0 Å². The lowest BCUT2D eigenvalue weighted by Crippen LogP contribution is -2.27. The molecule has 0 saturated carbocycles. The molecular weight excluding hydrogens is 364 g/mol. The van der Waals surface area contributed by atoms with E-state index in [-0.39, 0.29) is 0 Å². The predicted octanol–water partition coefficient (Wildman–Crippen LogP) is 5.38. The Labute approximate surface area is 173 Å². The first-order chi connectivity index (χ1) is 13.7. The van der Waals surface area contributed by atoms with E-state index in [0.29, 0.717) is 0 Å². The molecule has 0 N–H and O–H groups in total. The van der Waals surface area contributed by atoms with Gasteiger partial charge in [-0.15, -0.1) is 0 Å². The maximum atomic E-state index is 4.92. The molecule has 0 radical (unpaired) electrons. The fraction of sp³-hybridized carbons (Fsp3) is 0.435. The van der Waals surface area contributed by atoms with E-state index < -0.39 is 0 Å². The van der Waals surface area contributed by atoms with E-state index in [4.69, 9.17) is 4.98 Å².